The number of pyridine rings is 1. The standard InChI is InChI=1S/C52H66N4O12/c1-34-10-6-13-39(28-34)50(66)56-26-21-36(22-27-56)11-4-3-5-14-40(57)18-17-37-12-8-25-55(31-37)32-38-29-35(2)49(68-51-48(65)47(64)42(58)33-67-51)41(30-38)53-44(60)16-7-15-43(59)52(23-9-24-52)54-45(61)19-20-46(62)63/h6,8,10,12-13,17-18,25,28-31,36,42,47-48,51,58,64-65H,3-5,7,9,11,14-16,19-24,26-27,32-33H2,1-2H3,(H2-,53,54,60,61,62,63)/p+1/b18-17+/t42?,47-,48-,51?/m0/s1. The molecule has 3 fully saturated rings. The molecule has 68 heavy (non-hydrogen) atoms. The first-order chi connectivity index (χ1) is 32.6. The minimum absolute atomic E-state index is 0.0196. The largest absolute Gasteiger partial charge is 0.481 e. The van der Waals surface area contributed by atoms with Gasteiger partial charge in [-0.3, -0.25) is 28.8 Å². The maximum atomic E-state index is 13.4. The van der Waals surface area contributed by atoms with Crippen LogP contribution in [0.4, 0.5) is 5.69 Å². The number of allylic oxidation sites excluding steroid dienone is 1. The summed E-state index contributed by atoms with van der Waals surface area (Å²) in [4.78, 5) is 77.7. The van der Waals surface area contributed by atoms with Crippen LogP contribution in [-0.2, 0) is 35.3 Å². The molecule has 16 nitrogen and oxygen atoms in total. The second-order valence-electron chi connectivity index (χ2n) is 18.7. The maximum Gasteiger partial charge on any atom is 0.303 e. The third kappa shape index (κ3) is 14.6. The minimum Gasteiger partial charge on any atom is -0.481 e. The van der Waals surface area contributed by atoms with Crippen molar-refractivity contribution in [2.24, 2.45) is 5.92 Å². The molecule has 2 unspecified atom stereocenters. The van der Waals surface area contributed by atoms with Gasteiger partial charge in [-0.25, -0.2) is 4.57 Å². The average molecular weight is 940 g/mol. The van der Waals surface area contributed by atoms with Crippen LogP contribution in [-0.4, -0.2) is 110 Å². The van der Waals surface area contributed by atoms with E-state index in [0.717, 1.165) is 80.3 Å². The highest BCUT2D eigenvalue weighted by Gasteiger charge is 2.44. The monoisotopic (exact) mass is 939 g/mol. The Morgan fingerprint density at radius 3 is 2.37 bits per heavy atom. The topological polar surface area (TPSA) is 233 Å². The Balaban J connectivity index is 1.00. The van der Waals surface area contributed by atoms with Gasteiger partial charge in [0.05, 0.1) is 24.3 Å². The van der Waals surface area contributed by atoms with E-state index in [1.807, 2.05) is 71.2 Å². The molecule has 6 N–H and O–H groups in total. The highest BCUT2D eigenvalue weighted by molar-refractivity contribution is 5.96. The van der Waals surface area contributed by atoms with Gasteiger partial charge in [0.1, 0.15) is 24.1 Å². The van der Waals surface area contributed by atoms with Gasteiger partial charge in [0.2, 0.25) is 18.1 Å². The lowest BCUT2D eigenvalue weighted by atomic mass is 9.72. The number of hydrogen-bond donors (Lipinski definition) is 6. The highest BCUT2D eigenvalue weighted by atomic mass is 16.7. The van der Waals surface area contributed by atoms with Crippen LogP contribution in [0.5, 0.6) is 5.75 Å². The Morgan fingerprint density at radius 1 is 0.868 bits per heavy atom. The van der Waals surface area contributed by atoms with Crippen molar-refractivity contribution in [1.82, 2.24) is 10.2 Å². The number of likely N-dealkylation sites (tertiary alicyclic amines) is 1. The summed E-state index contributed by atoms with van der Waals surface area (Å²) < 4.78 is 13.5. The number of rotatable bonds is 23. The number of piperidine rings is 1. The van der Waals surface area contributed by atoms with Crippen LogP contribution in [0.2, 0.25) is 0 Å². The molecule has 4 atom stereocenters. The molecule has 0 radical (unpaired) electrons. The van der Waals surface area contributed by atoms with E-state index in [2.05, 4.69) is 10.6 Å². The molecule has 3 aliphatic rings. The van der Waals surface area contributed by atoms with Crippen LogP contribution in [0, 0.1) is 19.8 Å². The van der Waals surface area contributed by atoms with Crippen molar-refractivity contribution in [2.45, 2.75) is 147 Å². The van der Waals surface area contributed by atoms with Gasteiger partial charge in [0.25, 0.3) is 5.91 Å². The van der Waals surface area contributed by atoms with Gasteiger partial charge in [0, 0.05) is 61.5 Å². The van der Waals surface area contributed by atoms with Gasteiger partial charge in [0.15, 0.2) is 30.5 Å². The summed E-state index contributed by atoms with van der Waals surface area (Å²) in [6.45, 7) is 5.39. The second kappa shape index (κ2) is 24.5. The number of aliphatic carboxylic acids is 1. The number of aromatic nitrogens is 1. The fraction of sp³-hybridized carbons (Fsp3) is 0.519. The third-order valence-electron chi connectivity index (χ3n) is 13.2. The number of nitrogens with zero attached hydrogens (tertiary/aromatic N) is 2. The van der Waals surface area contributed by atoms with Crippen LogP contribution in [0.25, 0.3) is 6.08 Å². The number of carbonyl (C=O) groups excluding carboxylic acids is 5. The Kier molecular flexibility index (Phi) is 18.6. The molecule has 2 aliphatic heterocycles. The first-order valence-electron chi connectivity index (χ1n) is 24.0. The fourth-order valence-corrected chi connectivity index (χ4v) is 9.12. The number of anilines is 1. The van der Waals surface area contributed by atoms with Crippen LogP contribution in [0.15, 0.2) is 67.0 Å². The quantitative estimate of drug-likeness (QED) is 0.0413. The second-order valence-corrected chi connectivity index (χ2v) is 18.7. The lowest BCUT2D eigenvalue weighted by Gasteiger charge is -2.41. The third-order valence-corrected chi connectivity index (χ3v) is 13.2. The van der Waals surface area contributed by atoms with Gasteiger partial charge in [-0.15, -0.1) is 0 Å². The van der Waals surface area contributed by atoms with E-state index in [1.165, 1.54) is 0 Å². The van der Waals surface area contributed by atoms with Crippen LogP contribution >= 0.6 is 0 Å². The predicted octanol–water partition coefficient (Wildman–Crippen LogP) is 5.12. The SMILES string of the molecule is Cc1cccc(C(=O)N2CCC(CCCCCC(=O)/C=C/c3ccc[n+](Cc4cc(C)c(OC5OCC(O)[C@H](O)[C@@H]5O)c(NC(=O)CCCC(=O)C5(NC(=O)CCC(=O)O)CCC5)c4)c3)CC2)c1. The van der Waals surface area contributed by atoms with Crippen molar-refractivity contribution < 1.29 is 63.2 Å². The molecule has 6 rings (SSSR count). The Morgan fingerprint density at radius 2 is 1.65 bits per heavy atom. The lowest BCUT2D eigenvalue weighted by Crippen LogP contribution is -2.59. The molecule has 0 bridgehead atoms. The number of aliphatic hydroxyl groups is 3. The number of Topliss-reactive ketones (excluding diaryl/α,β-unsaturated/α-hetero) is 1. The summed E-state index contributed by atoms with van der Waals surface area (Å²) in [5, 5.41) is 45.5. The molecule has 2 aromatic carbocycles. The number of benzene rings is 2. The van der Waals surface area contributed by atoms with Gasteiger partial charge >= 0.3 is 5.97 Å². The molecular formula is C52H67N4O12+. The number of hydrogen-bond acceptors (Lipinski definition) is 11. The lowest BCUT2D eigenvalue weighted by molar-refractivity contribution is -0.688. The van der Waals surface area contributed by atoms with Gasteiger partial charge in [-0.2, -0.15) is 0 Å². The average Bonchev–Trinajstić information content (AvgIpc) is 3.29. The number of carboxylic acid groups (broad SMARTS) is 1. The molecule has 3 amide bonds. The normalized spacial score (nSPS) is 20.3. The highest BCUT2D eigenvalue weighted by Crippen LogP contribution is 2.36. The maximum absolute atomic E-state index is 13.4. The number of aryl methyl sites for hydroxylation is 2. The van der Waals surface area contributed by atoms with E-state index in [1.54, 1.807) is 25.1 Å². The van der Waals surface area contributed by atoms with Crippen LogP contribution in [0.3, 0.4) is 0 Å². The zero-order valence-electron chi connectivity index (χ0n) is 39.2. The molecule has 16 heteroatoms. The van der Waals surface area contributed by atoms with Crippen LogP contribution < -0.4 is 19.9 Å². The van der Waals surface area contributed by atoms with Gasteiger partial charge < -0.3 is 45.4 Å². The number of carbonyl (C=O) groups is 6. The molecule has 0 spiro atoms. The summed E-state index contributed by atoms with van der Waals surface area (Å²) >= 11 is 0. The molecule has 2 saturated heterocycles. The predicted molar refractivity (Wildman–Crippen MR) is 251 cm³/mol. The number of nitrogens with one attached hydrogen (secondary N) is 2. The molecule has 3 heterocycles. The van der Waals surface area contributed by atoms with Crippen LogP contribution in [0.1, 0.15) is 129 Å². The number of aliphatic hydroxyl groups excluding tert-OH is 3. The molecule has 1 saturated carbocycles. The van der Waals surface area contributed by atoms with E-state index in [9.17, 15) is 44.1 Å². The number of amides is 3. The van der Waals surface area contributed by atoms with E-state index >= 15 is 0 Å². The summed E-state index contributed by atoms with van der Waals surface area (Å²) in [7, 11) is 0. The summed E-state index contributed by atoms with van der Waals surface area (Å²) in [6, 6.07) is 15.1. The van der Waals surface area contributed by atoms with Crippen molar-refractivity contribution in [1.29, 1.82) is 0 Å². The van der Waals surface area contributed by atoms with Crippen molar-refractivity contribution in [3.8, 4) is 5.75 Å². The smallest absolute Gasteiger partial charge is 0.303 e. The van der Waals surface area contributed by atoms with Crippen molar-refractivity contribution >= 4 is 47.0 Å². The Labute approximate surface area is 397 Å². The van der Waals surface area contributed by atoms with E-state index in [-0.39, 0.29) is 67.6 Å². The van der Waals surface area contributed by atoms with E-state index in [4.69, 9.17) is 14.6 Å². The number of ketones is 2. The van der Waals surface area contributed by atoms with Crippen molar-refractivity contribution in [3.05, 3.63) is 94.8 Å². The van der Waals surface area contributed by atoms with Gasteiger partial charge in [-0.1, -0.05) is 37.0 Å². The Bertz CT molecular complexity index is 2300. The molecule has 366 valence electrons. The summed E-state index contributed by atoms with van der Waals surface area (Å²) in [5.74, 6) is -1.32. The van der Waals surface area contributed by atoms with E-state index < -0.39 is 47.9 Å². The molecule has 1 aliphatic carbocycles. The first kappa shape index (κ1) is 51.6. The molecular weight excluding hydrogens is 873 g/mol. The Hall–Kier alpha value is -5.81. The molecule has 1 aromatic heterocycles. The first-order valence-corrected chi connectivity index (χ1v) is 24.0. The van der Waals surface area contributed by atoms with Gasteiger partial charge in [-0.05, 0) is 113 Å². The summed E-state index contributed by atoms with van der Waals surface area (Å²) in [5.41, 5.74) is 3.21. The fourth-order valence-electron chi connectivity index (χ4n) is 9.12. The zero-order valence-corrected chi connectivity index (χ0v) is 39.2. The number of carboxylic acids is 1. The van der Waals surface area contributed by atoms with Crippen molar-refractivity contribution in [3.63, 3.8) is 0 Å². The summed E-state index contributed by atoms with van der Waals surface area (Å²) in [6.07, 6.45) is 9.04. The van der Waals surface area contributed by atoms with Crippen molar-refractivity contribution in [2.75, 3.05) is 25.0 Å². The zero-order chi connectivity index (χ0) is 48.8. The number of ether oxygens (including phenoxy) is 2. The number of unbranched alkanes of at least 4 members (excludes halogenated alkanes) is 2. The molecule has 3 aromatic rings. The van der Waals surface area contributed by atoms with E-state index in [0.29, 0.717) is 37.3 Å². The minimum atomic E-state index is -1.59.